The topological polar surface area (TPSA) is 35.5 Å². The third-order valence-electron chi connectivity index (χ3n) is 3.69. The highest BCUT2D eigenvalue weighted by Gasteiger charge is 2.32. The minimum Gasteiger partial charge on any atom is -0.508 e. The summed E-state index contributed by atoms with van der Waals surface area (Å²) in [5.74, 6) is -0.0663. The minimum atomic E-state index is -4.38. The molecule has 0 aromatic heterocycles. The van der Waals surface area contributed by atoms with Crippen LogP contribution in [0.25, 0.3) is 0 Å². The Hall–Kier alpha value is -1.27. The molecule has 1 aromatic carbocycles. The largest absolute Gasteiger partial charge is 0.508 e. The van der Waals surface area contributed by atoms with Crippen LogP contribution < -0.4 is 5.32 Å². The van der Waals surface area contributed by atoms with Gasteiger partial charge in [-0.25, -0.2) is 0 Å². The van der Waals surface area contributed by atoms with Gasteiger partial charge in [0.25, 0.3) is 0 Å². The van der Waals surface area contributed by atoms with E-state index in [1.807, 2.05) is 6.92 Å². The number of phenols is 1. The SMILES string of the molecule is CC[C@@H](c1cc(C(F)(F)F)ccc1O)N1CCNCC1. The number of alkyl halides is 3. The number of piperazine rings is 1. The van der Waals surface area contributed by atoms with E-state index in [-0.39, 0.29) is 11.8 Å². The summed E-state index contributed by atoms with van der Waals surface area (Å²) in [5.41, 5.74) is -0.344. The van der Waals surface area contributed by atoms with Crippen molar-refractivity contribution in [2.75, 3.05) is 26.2 Å². The Morgan fingerprint density at radius 2 is 1.95 bits per heavy atom. The van der Waals surface area contributed by atoms with E-state index in [0.717, 1.165) is 44.4 Å². The molecule has 1 aliphatic rings. The number of rotatable bonds is 3. The molecule has 112 valence electrons. The summed E-state index contributed by atoms with van der Waals surface area (Å²) in [5, 5.41) is 13.1. The maximum Gasteiger partial charge on any atom is 0.416 e. The molecule has 0 aliphatic carbocycles. The van der Waals surface area contributed by atoms with Gasteiger partial charge in [0.2, 0.25) is 0 Å². The van der Waals surface area contributed by atoms with Gasteiger partial charge in [0.1, 0.15) is 5.75 Å². The normalized spacial score (nSPS) is 19.0. The second-order valence-electron chi connectivity index (χ2n) is 4.98. The molecule has 2 rings (SSSR count). The van der Waals surface area contributed by atoms with Gasteiger partial charge in [-0.15, -0.1) is 0 Å². The minimum absolute atomic E-state index is 0.0663. The molecule has 1 heterocycles. The number of aromatic hydroxyl groups is 1. The molecule has 0 radical (unpaired) electrons. The first kappa shape index (κ1) is 15.1. The number of nitrogens with zero attached hydrogens (tertiary/aromatic N) is 1. The standard InChI is InChI=1S/C14H19F3N2O/c1-2-12(19-7-5-18-6-8-19)11-9-10(14(15,16)17)3-4-13(11)20/h3-4,9,12,18,20H,2,5-8H2,1H3/t12-/m0/s1. The Bertz CT molecular complexity index is 456. The van der Waals surface area contributed by atoms with Gasteiger partial charge in [0, 0.05) is 37.8 Å². The van der Waals surface area contributed by atoms with Crippen molar-refractivity contribution < 1.29 is 18.3 Å². The highest BCUT2D eigenvalue weighted by molar-refractivity contribution is 5.39. The number of halogens is 3. The predicted octanol–water partition coefficient (Wildman–Crippen LogP) is 2.77. The predicted molar refractivity (Wildman–Crippen MR) is 70.6 cm³/mol. The molecule has 1 saturated heterocycles. The highest BCUT2D eigenvalue weighted by Crippen LogP contribution is 2.37. The molecule has 0 spiro atoms. The van der Waals surface area contributed by atoms with Gasteiger partial charge >= 0.3 is 6.18 Å². The van der Waals surface area contributed by atoms with Crippen LogP contribution in [0.3, 0.4) is 0 Å². The first-order chi connectivity index (χ1) is 9.43. The van der Waals surface area contributed by atoms with Crippen LogP contribution >= 0.6 is 0 Å². The van der Waals surface area contributed by atoms with E-state index in [0.29, 0.717) is 12.0 Å². The summed E-state index contributed by atoms with van der Waals surface area (Å²) in [7, 11) is 0. The van der Waals surface area contributed by atoms with E-state index in [2.05, 4.69) is 10.2 Å². The number of hydrogen-bond donors (Lipinski definition) is 2. The summed E-state index contributed by atoms with van der Waals surface area (Å²) in [6, 6.07) is 2.96. The summed E-state index contributed by atoms with van der Waals surface area (Å²) in [6.07, 6.45) is -3.72. The molecular formula is C14H19F3N2O. The van der Waals surface area contributed by atoms with Gasteiger partial charge in [-0.3, -0.25) is 4.90 Å². The molecule has 0 amide bonds. The van der Waals surface area contributed by atoms with E-state index in [1.165, 1.54) is 0 Å². The van der Waals surface area contributed by atoms with Crippen LogP contribution in [-0.2, 0) is 6.18 Å². The quantitative estimate of drug-likeness (QED) is 0.897. The Labute approximate surface area is 116 Å². The van der Waals surface area contributed by atoms with Crippen molar-refractivity contribution in [2.45, 2.75) is 25.6 Å². The van der Waals surface area contributed by atoms with Crippen molar-refractivity contribution in [1.29, 1.82) is 0 Å². The fraction of sp³-hybridized carbons (Fsp3) is 0.571. The molecule has 1 atom stereocenters. The average Bonchev–Trinajstić information content (AvgIpc) is 2.41. The van der Waals surface area contributed by atoms with Gasteiger partial charge in [0.05, 0.1) is 5.56 Å². The van der Waals surface area contributed by atoms with Crippen LogP contribution in [0.2, 0.25) is 0 Å². The van der Waals surface area contributed by atoms with Crippen molar-refractivity contribution in [3.8, 4) is 5.75 Å². The zero-order valence-electron chi connectivity index (χ0n) is 11.4. The second kappa shape index (κ2) is 6.01. The molecule has 1 aliphatic heterocycles. The van der Waals surface area contributed by atoms with Crippen LogP contribution in [0.1, 0.15) is 30.5 Å². The van der Waals surface area contributed by atoms with E-state index < -0.39 is 11.7 Å². The van der Waals surface area contributed by atoms with E-state index in [4.69, 9.17) is 0 Å². The Morgan fingerprint density at radius 3 is 2.50 bits per heavy atom. The molecule has 0 bridgehead atoms. The molecule has 1 fully saturated rings. The van der Waals surface area contributed by atoms with E-state index in [1.54, 1.807) is 0 Å². The monoisotopic (exact) mass is 288 g/mol. The lowest BCUT2D eigenvalue weighted by Crippen LogP contribution is -2.45. The molecule has 6 heteroatoms. The smallest absolute Gasteiger partial charge is 0.416 e. The first-order valence-electron chi connectivity index (χ1n) is 6.78. The van der Waals surface area contributed by atoms with E-state index >= 15 is 0 Å². The van der Waals surface area contributed by atoms with Gasteiger partial charge in [-0.2, -0.15) is 13.2 Å². The zero-order chi connectivity index (χ0) is 14.8. The van der Waals surface area contributed by atoms with Crippen LogP contribution in [-0.4, -0.2) is 36.2 Å². The molecule has 0 saturated carbocycles. The molecule has 0 unspecified atom stereocenters. The summed E-state index contributed by atoms with van der Waals surface area (Å²) < 4.78 is 38.4. The maximum absolute atomic E-state index is 12.8. The summed E-state index contributed by atoms with van der Waals surface area (Å²) in [6.45, 7) is 5.10. The van der Waals surface area contributed by atoms with Gasteiger partial charge in [0.15, 0.2) is 0 Å². The van der Waals surface area contributed by atoms with Crippen molar-refractivity contribution in [2.24, 2.45) is 0 Å². The van der Waals surface area contributed by atoms with E-state index in [9.17, 15) is 18.3 Å². The van der Waals surface area contributed by atoms with Gasteiger partial charge < -0.3 is 10.4 Å². The maximum atomic E-state index is 12.8. The van der Waals surface area contributed by atoms with Crippen molar-refractivity contribution in [3.63, 3.8) is 0 Å². The first-order valence-corrected chi connectivity index (χ1v) is 6.78. The molecule has 2 N–H and O–H groups in total. The Kier molecular flexibility index (Phi) is 4.55. The third kappa shape index (κ3) is 3.24. The third-order valence-corrected chi connectivity index (χ3v) is 3.69. The lowest BCUT2D eigenvalue weighted by atomic mass is 9.98. The average molecular weight is 288 g/mol. The van der Waals surface area contributed by atoms with Crippen molar-refractivity contribution in [3.05, 3.63) is 29.3 Å². The van der Waals surface area contributed by atoms with Crippen LogP contribution in [0.5, 0.6) is 5.75 Å². The Morgan fingerprint density at radius 1 is 1.30 bits per heavy atom. The molecule has 20 heavy (non-hydrogen) atoms. The number of nitrogens with one attached hydrogen (secondary N) is 1. The lowest BCUT2D eigenvalue weighted by molar-refractivity contribution is -0.137. The van der Waals surface area contributed by atoms with Gasteiger partial charge in [-0.05, 0) is 24.6 Å². The highest BCUT2D eigenvalue weighted by atomic mass is 19.4. The second-order valence-corrected chi connectivity index (χ2v) is 4.98. The Balaban J connectivity index is 2.32. The van der Waals surface area contributed by atoms with Gasteiger partial charge in [-0.1, -0.05) is 6.92 Å². The zero-order valence-corrected chi connectivity index (χ0v) is 11.4. The number of phenolic OH excluding ortho intramolecular Hbond substituents is 1. The summed E-state index contributed by atoms with van der Waals surface area (Å²) in [4.78, 5) is 2.12. The van der Waals surface area contributed by atoms with Crippen LogP contribution in [0.4, 0.5) is 13.2 Å². The van der Waals surface area contributed by atoms with Crippen LogP contribution in [0.15, 0.2) is 18.2 Å². The molecular weight excluding hydrogens is 269 g/mol. The lowest BCUT2D eigenvalue weighted by Gasteiger charge is -2.35. The fourth-order valence-electron chi connectivity index (χ4n) is 2.67. The molecule has 1 aromatic rings. The van der Waals surface area contributed by atoms with Crippen LogP contribution in [0, 0.1) is 0 Å². The number of benzene rings is 1. The number of hydrogen-bond acceptors (Lipinski definition) is 3. The van der Waals surface area contributed by atoms with Crippen molar-refractivity contribution in [1.82, 2.24) is 10.2 Å². The fourth-order valence-corrected chi connectivity index (χ4v) is 2.67. The summed E-state index contributed by atoms with van der Waals surface area (Å²) >= 11 is 0. The molecule has 3 nitrogen and oxygen atoms in total. The van der Waals surface area contributed by atoms with Crippen molar-refractivity contribution >= 4 is 0 Å².